The number of hydrogen-bond donors (Lipinski definition) is 0. The molecule has 4 aromatic carbocycles. The first-order chi connectivity index (χ1) is 16.8. The summed E-state index contributed by atoms with van der Waals surface area (Å²) < 4.78 is 0. The minimum atomic E-state index is -0.802. The molecule has 0 saturated carbocycles. The molecule has 5 nitrogen and oxygen atoms in total. The molecule has 0 unspecified atom stereocenters. The molecule has 1 atom stereocenters. The molecule has 166 valence electrons. The summed E-state index contributed by atoms with van der Waals surface area (Å²) in [7, 11) is 0. The Morgan fingerprint density at radius 1 is 0.618 bits per heavy atom. The summed E-state index contributed by atoms with van der Waals surface area (Å²) in [4.78, 5) is 18.3. The number of carbonyl (C=O) groups excluding carboxylic acids is 1. The van der Waals surface area contributed by atoms with E-state index >= 15 is 0 Å². The van der Waals surface area contributed by atoms with E-state index in [1.807, 2.05) is 89.9 Å². The van der Waals surface area contributed by atoms with E-state index in [2.05, 4.69) is 46.2 Å². The van der Waals surface area contributed by atoms with Crippen LogP contribution in [0.2, 0.25) is 0 Å². The smallest absolute Gasteiger partial charge is 0.241 e. The molecule has 1 fully saturated rings. The van der Waals surface area contributed by atoms with Gasteiger partial charge in [-0.2, -0.15) is 0 Å². The van der Waals surface area contributed by atoms with Crippen LogP contribution < -0.4 is 9.91 Å². The lowest BCUT2D eigenvalue weighted by molar-refractivity contribution is 0.104. The molecule has 0 spiro atoms. The Bertz CT molecular complexity index is 1330. The number of hydrazone groups is 1. The summed E-state index contributed by atoms with van der Waals surface area (Å²) >= 11 is 0. The van der Waals surface area contributed by atoms with Gasteiger partial charge in [-0.05, 0) is 24.3 Å². The van der Waals surface area contributed by atoms with Gasteiger partial charge < -0.3 is 9.80 Å². The number of Topliss-reactive ketones (excluding diaryl/α,β-unsaturated/α-hetero) is 1. The van der Waals surface area contributed by atoms with Crippen LogP contribution in [-0.4, -0.2) is 29.6 Å². The van der Waals surface area contributed by atoms with E-state index in [9.17, 15) is 4.79 Å². The fraction of sp³-hybridized carbons (Fsp3) is 0.103. The SMILES string of the molecule is O=C(C1=NN(c2ccccc2)[C@]2(c3ccccc3)N1CCN2c1ccccc1)c1ccccc1. The zero-order valence-electron chi connectivity index (χ0n) is 18.7. The van der Waals surface area contributed by atoms with Crippen LogP contribution in [0.1, 0.15) is 15.9 Å². The molecule has 2 aliphatic rings. The van der Waals surface area contributed by atoms with Gasteiger partial charge in [0.2, 0.25) is 17.4 Å². The molecule has 4 aromatic rings. The summed E-state index contributed by atoms with van der Waals surface area (Å²) in [5.74, 6) is -0.421. The second-order valence-electron chi connectivity index (χ2n) is 8.41. The number of fused-ring (bicyclic) bond motifs is 1. The Labute approximate surface area is 199 Å². The molecule has 34 heavy (non-hydrogen) atoms. The zero-order chi connectivity index (χ0) is 23.0. The summed E-state index contributed by atoms with van der Waals surface area (Å²) in [6, 6.07) is 40.2. The Morgan fingerprint density at radius 3 is 1.74 bits per heavy atom. The van der Waals surface area contributed by atoms with Gasteiger partial charge in [-0.25, -0.2) is 5.01 Å². The van der Waals surface area contributed by atoms with Crippen LogP contribution in [0, 0.1) is 0 Å². The van der Waals surface area contributed by atoms with Crippen LogP contribution in [0.4, 0.5) is 11.4 Å². The van der Waals surface area contributed by atoms with E-state index in [0.29, 0.717) is 17.9 Å². The quantitative estimate of drug-likeness (QED) is 0.390. The van der Waals surface area contributed by atoms with Crippen molar-refractivity contribution in [3.8, 4) is 0 Å². The van der Waals surface area contributed by atoms with Crippen molar-refractivity contribution in [1.29, 1.82) is 0 Å². The van der Waals surface area contributed by atoms with Crippen LogP contribution in [0.15, 0.2) is 126 Å². The average molecular weight is 445 g/mol. The van der Waals surface area contributed by atoms with Crippen molar-refractivity contribution >= 4 is 23.0 Å². The lowest BCUT2D eigenvalue weighted by atomic mass is 10.0. The highest BCUT2D eigenvalue weighted by Gasteiger charge is 2.60. The van der Waals surface area contributed by atoms with Crippen molar-refractivity contribution in [2.24, 2.45) is 5.10 Å². The maximum absolute atomic E-state index is 13.8. The third-order valence-corrected chi connectivity index (χ3v) is 6.51. The highest BCUT2D eigenvalue weighted by atomic mass is 16.1. The van der Waals surface area contributed by atoms with Crippen molar-refractivity contribution < 1.29 is 4.79 Å². The van der Waals surface area contributed by atoms with Gasteiger partial charge in [-0.1, -0.05) is 97.1 Å². The Morgan fingerprint density at radius 2 is 1.12 bits per heavy atom. The van der Waals surface area contributed by atoms with Gasteiger partial charge in [0.25, 0.3) is 0 Å². The van der Waals surface area contributed by atoms with Gasteiger partial charge in [0, 0.05) is 29.9 Å². The van der Waals surface area contributed by atoms with E-state index in [1.54, 1.807) is 0 Å². The number of rotatable bonds is 5. The largest absolute Gasteiger partial charge is 0.324 e. The van der Waals surface area contributed by atoms with Gasteiger partial charge in [0.15, 0.2) is 0 Å². The van der Waals surface area contributed by atoms with Crippen LogP contribution in [0.3, 0.4) is 0 Å². The number of amidine groups is 1. The number of ketones is 1. The van der Waals surface area contributed by atoms with Gasteiger partial charge in [-0.15, -0.1) is 5.10 Å². The van der Waals surface area contributed by atoms with Crippen molar-refractivity contribution in [3.63, 3.8) is 0 Å². The summed E-state index contributed by atoms with van der Waals surface area (Å²) in [6.07, 6.45) is 0. The van der Waals surface area contributed by atoms with Crippen molar-refractivity contribution in [2.75, 3.05) is 23.0 Å². The molecule has 0 amide bonds. The lowest BCUT2D eigenvalue weighted by Crippen LogP contribution is -2.58. The minimum absolute atomic E-state index is 0.0748. The van der Waals surface area contributed by atoms with Gasteiger partial charge in [0.1, 0.15) is 0 Å². The lowest BCUT2D eigenvalue weighted by Gasteiger charge is -2.46. The van der Waals surface area contributed by atoms with Crippen LogP contribution >= 0.6 is 0 Å². The number of carbonyl (C=O) groups is 1. The van der Waals surface area contributed by atoms with Crippen LogP contribution in [-0.2, 0) is 5.79 Å². The standard InChI is InChI=1S/C29H24N4O/c34-27(23-13-5-1-6-14-23)28-30-33(26-19-11-4-12-20-26)29(24-15-7-2-8-16-24)31(21-22-32(28)29)25-17-9-3-10-18-25/h1-20H,21-22H2/t29-/m0/s1. The monoisotopic (exact) mass is 444 g/mol. The number of anilines is 2. The Hall–Kier alpha value is -4.38. The molecule has 1 saturated heterocycles. The maximum Gasteiger partial charge on any atom is 0.241 e. The summed E-state index contributed by atoms with van der Waals surface area (Å²) in [5, 5.41) is 7.04. The fourth-order valence-corrected chi connectivity index (χ4v) is 5.06. The van der Waals surface area contributed by atoms with E-state index in [1.165, 1.54) is 0 Å². The first kappa shape index (κ1) is 20.2. The molecule has 2 heterocycles. The highest BCUT2D eigenvalue weighted by molar-refractivity contribution is 6.45. The number of hydrogen-bond acceptors (Lipinski definition) is 5. The van der Waals surface area contributed by atoms with E-state index < -0.39 is 5.79 Å². The molecule has 0 aromatic heterocycles. The molecule has 0 N–H and O–H groups in total. The Balaban J connectivity index is 1.59. The van der Waals surface area contributed by atoms with E-state index in [0.717, 1.165) is 23.5 Å². The molecule has 2 aliphatic heterocycles. The number of benzene rings is 4. The molecule has 0 radical (unpaired) electrons. The predicted octanol–water partition coefficient (Wildman–Crippen LogP) is 5.34. The number of para-hydroxylation sites is 2. The zero-order valence-corrected chi connectivity index (χ0v) is 18.7. The maximum atomic E-state index is 13.8. The fourth-order valence-electron chi connectivity index (χ4n) is 5.06. The normalized spacial score (nSPS) is 19.2. The second kappa shape index (κ2) is 8.19. The molecule has 0 aliphatic carbocycles. The predicted molar refractivity (Wildman–Crippen MR) is 136 cm³/mol. The molecular weight excluding hydrogens is 420 g/mol. The van der Waals surface area contributed by atoms with Crippen molar-refractivity contribution in [1.82, 2.24) is 4.90 Å². The first-order valence-electron chi connectivity index (χ1n) is 11.5. The van der Waals surface area contributed by atoms with Crippen LogP contribution in [0.5, 0.6) is 0 Å². The summed E-state index contributed by atoms with van der Waals surface area (Å²) in [5.41, 5.74) is 3.70. The Kier molecular flexibility index (Phi) is 4.88. The summed E-state index contributed by atoms with van der Waals surface area (Å²) in [6.45, 7) is 1.42. The average Bonchev–Trinajstić information content (AvgIpc) is 3.47. The third-order valence-electron chi connectivity index (χ3n) is 6.51. The van der Waals surface area contributed by atoms with Gasteiger partial charge >= 0.3 is 0 Å². The number of nitrogens with zero attached hydrogens (tertiary/aromatic N) is 4. The minimum Gasteiger partial charge on any atom is -0.324 e. The molecule has 0 bridgehead atoms. The van der Waals surface area contributed by atoms with Gasteiger partial charge in [0.05, 0.1) is 5.69 Å². The second-order valence-corrected chi connectivity index (χ2v) is 8.41. The topological polar surface area (TPSA) is 39.2 Å². The molecule has 5 heteroatoms. The van der Waals surface area contributed by atoms with Crippen LogP contribution in [0.25, 0.3) is 0 Å². The van der Waals surface area contributed by atoms with Crippen molar-refractivity contribution in [2.45, 2.75) is 5.79 Å². The third kappa shape index (κ3) is 3.01. The van der Waals surface area contributed by atoms with Crippen molar-refractivity contribution in [3.05, 3.63) is 132 Å². The molecule has 6 rings (SSSR count). The van der Waals surface area contributed by atoms with Gasteiger partial charge in [-0.3, -0.25) is 4.79 Å². The highest BCUT2D eigenvalue weighted by Crippen LogP contribution is 2.48. The first-order valence-corrected chi connectivity index (χ1v) is 11.5. The van der Waals surface area contributed by atoms with E-state index in [-0.39, 0.29) is 5.78 Å². The van der Waals surface area contributed by atoms with E-state index in [4.69, 9.17) is 5.10 Å². The molecular formula is C29H24N4O.